The summed E-state index contributed by atoms with van der Waals surface area (Å²) in [6.45, 7) is 18.9. The smallest absolute Gasteiger partial charge is 0.0129 e. The maximum absolute atomic E-state index is 2.77. The molecule has 1 saturated carbocycles. The van der Waals surface area contributed by atoms with Crippen LogP contribution in [0, 0.1) is 17.8 Å². The molecule has 1 heteroatoms. The first kappa shape index (κ1) is 18.0. The van der Waals surface area contributed by atoms with Crippen molar-refractivity contribution in [2.45, 2.75) is 86.7 Å². The molecule has 2 aliphatic heterocycles. The Morgan fingerprint density at radius 2 is 1.44 bits per heavy atom. The summed E-state index contributed by atoms with van der Waals surface area (Å²) in [4.78, 5) is 2.77. The third-order valence-corrected chi connectivity index (χ3v) is 4.39. The molecule has 2 bridgehead atoms. The Labute approximate surface area is 116 Å². The maximum Gasteiger partial charge on any atom is 0.0129 e. The van der Waals surface area contributed by atoms with Crippen molar-refractivity contribution in [1.82, 2.24) is 4.90 Å². The van der Waals surface area contributed by atoms with Crippen LogP contribution in [-0.4, -0.2) is 23.5 Å². The van der Waals surface area contributed by atoms with Crippen LogP contribution in [0.3, 0.4) is 0 Å². The predicted octanol–water partition coefficient (Wildman–Crippen LogP) is 5.20. The molecule has 0 radical (unpaired) electrons. The first-order chi connectivity index (χ1) is 8.59. The van der Waals surface area contributed by atoms with Crippen molar-refractivity contribution < 1.29 is 0 Å². The Hall–Kier alpha value is -0.0400. The van der Waals surface area contributed by atoms with Crippen LogP contribution < -0.4 is 0 Å². The second kappa shape index (κ2) is 8.96. The average molecular weight is 255 g/mol. The molecule has 3 unspecified atom stereocenters. The van der Waals surface area contributed by atoms with Gasteiger partial charge in [-0.1, -0.05) is 41.5 Å². The topological polar surface area (TPSA) is 3.24 Å². The van der Waals surface area contributed by atoms with Crippen LogP contribution >= 0.6 is 0 Å². The number of fused-ring (bicyclic) bond motifs is 3. The minimum atomic E-state index is 0.754. The van der Waals surface area contributed by atoms with Gasteiger partial charge in [0.1, 0.15) is 0 Å². The third-order valence-electron chi connectivity index (χ3n) is 4.39. The van der Waals surface area contributed by atoms with E-state index in [2.05, 4.69) is 32.6 Å². The van der Waals surface area contributed by atoms with Crippen LogP contribution in [0.4, 0.5) is 0 Å². The molecule has 0 amide bonds. The Bertz CT molecular complexity index is 180. The number of rotatable bonds is 2. The first-order valence-corrected chi connectivity index (χ1v) is 8.35. The van der Waals surface area contributed by atoms with Gasteiger partial charge in [-0.05, 0) is 50.9 Å². The van der Waals surface area contributed by atoms with Crippen LogP contribution in [0.5, 0.6) is 0 Å². The van der Waals surface area contributed by atoms with E-state index in [-0.39, 0.29) is 0 Å². The van der Waals surface area contributed by atoms with E-state index in [4.69, 9.17) is 0 Å². The Morgan fingerprint density at radius 1 is 0.889 bits per heavy atom. The molecule has 0 aromatic heterocycles. The summed E-state index contributed by atoms with van der Waals surface area (Å²) in [6, 6.07) is 1.66. The Kier molecular flexibility index (Phi) is 8.94. The summed E-state index contributed by atoms with van der Waals surface area (Å²) < 4.78 is 0. The van der Waals surface area contributed by atoms with Gasteiger partial charge in [-0.25, -0.2) is 0 Å². The minimum absolute atomic E-state index is 0.754. The highest BCUT2D eigenvalue weighted by atomic mass is 15.2. The first-order valence-electron chi connectivity index (χ1n) is 8.35. The molecule has 18 heavy (non-hydrogen) atoms. The van der Waals surface area contributed by atoms with E-state index in [1.807, 2.05) is 27.7 Å². The predicted molar refractivity (Wildman–Crippen MR) is 84.0 cm³/mol. The Morgan fingerprint density at radius 3 is 1.83 bits per heavy atom. The normalized spacial score (nSPS) is 30.7. The molecule has 0 aromatic rings. The largest absolute Gasteiger partial charge is 0.297 e. The molecule has 0 aromatic carbocycles. The average Bonchev–Trinajstić information content (AvgIpc) is 2.43. The molecule has 0 spiro atoms. The summed E-state index contributed by atoms with van der Waals surface area (Å²) in [5.74, 6) is 2.86. The lowest BCUT2D eigenvalue weighted by molar-refractivity contribution is -0.0343. The number of nitrogens with zero attached hydrogens (tertiary/aromatic N) is 1. The van der Waals surface area contributed by atoms with Crippen molar-refractivity contribution in [1.29, 1.82) is 0 Å². The molecule has 0 N–H and O–H groups in total. The van der Waals surface area contributed by atoms with Gasteiger partial charge in [0.15, 0.2) is 0 Å². The molecule has 3 aliphatic rings. The second-order valence-corrected chi connectivity index (χ2v) is 5.94. The van der Waals surface area contributed by atoms with E-state index >= 15 is 0 Å². The van der Waals surface area contributed by atoms with E-state index in [1.165, 1.54) is 25.8 Å². The van der Waals surface area contributed by atoms with Crippen LogP contribution in [0.2, 0.25) is 0 Å². The summed E-state index contributed by atoms with van der Waals surface area (Å²) in [7, 11) is 0. The summed E-state index contributed by atoms with van der Waals surface area (Å²) >= 11 is 0. The number of hydrogen-bond acceptors (Lipinski definition) is 1. The molecular formula is C17H37N. The minimum Gasteiger partial charge on any atom is -0.297 e. The molecule has 2 saturated heterocycles. The molecule has 110 valence electrons. The molecule has 3 rings (SSSR count). The summed E-state index contributed by atoms with van der Waals surface area (Å²) in [5, 5.41) is 0. The highest BCUT2D eigenvalue weighted by molar-refractivity contribution is 4.95. The number of piperidine rings is 2. The lowest BCUT2D eigenvalue weighted by Crippen LogP contribution is -2.56. The van der Waals surface area contributed by atoms with Crippen molar-refractivity contribution in [3.8, 4) is 0 Å². The quantitative estimate of drug-likeness (QED) is 0.655. The number of hydrogen-bond donors (Lipinski definition) is 0. The lowest BCUT2D eigenvalue weighted by Gasteiger charge is -2.53. The molecule has 1 nitrogen and oxygen atoms in total. The fourth-order valence-electron chi connectivity index (χ4n) is 3.60. The van der Waals surface area contributed by atoms with Gasteiger partial charge in [0.05, 0.1) is 0 Å². The second-order valence-electron chi connectivity index (χ2n) is 5.94. The Balaban J connectivity index is 0.000000659. The highest BCUT2D eigenvalue weighted by Crippen LogP contribution is 2.42. The van der Waals surface area contributed by atoms with Gasteiger partial charge in [-0.3, -0.25) is 4.90 Å². The van der Waals surface area contributed by atoms with Crippen molar-refractivity contribution in [3.63, 3.8) is 0 Å². The third kappa shape index (κ3) is 4.26. The summed E-state index contributed by atoms with van der Waals surface area (Å²) in [6.07, 6.45) is 4.47. The van der Waals surface area contributed by atoms with Crippen LogP contribution in [0.15, 0.2) is 0 Å². The van der Waals surface area contributed by atoms with Crippen LogP contribution in [-0.2, 0) is 0 Å². The highest BCUT2D eigenvalue weighted by Gasteiger charge is 2.42. The van der Waals surface area contributed by atoms with Gasteiger partial charge >= 0.3 is 0 Å². The van der Waals surface area contributed by atoms with Gasteiger partial charge in [-0.15, -0.1) is 0 Å². The van der Waals surface area contributed by atoms with Crippen molar-refractivity contribution in [2.75, 3.05) is 6.54 Å². The van der Waals surface area contributed by atoms with Crippen molar-refractivity contribution >= 4 is 0 Å². The SMILES string of the molecule is CC.CC.CC(C)C1CC2CCC1N(C(C)C)C2. The lowest BCUT2D eigenvalue weighted by atomic mass is 9.68. The standard InChI is InChI=1S/C13H25N.2C2H6/c1-9(2)12-7-11-5-6-13(12)14(8-11)10(3)4;2*1-2/h9-13H,5-8H2,1-4H3;2*1-2H3. The fraction of sp³-hybridized carbons (Fsp3) is 1.00. The maximum atomic E-state index is 2.77. The summed E-state index contributed by atoms with van der Waals surface area (Å²) in [5.41, 5.74) is 0. The zero-order chi connectivity index (χ0) is 14.3. The van der Waals surface area contributed by atoms with Crippen LogP contribution in [0.1, 0.15) is 74.7 Å². The zero-order valence-electron chi connectivity index (χ0n) is 14.2. The van der Waals surface area contributed by atoms with E-state index in [0.717, 1.165) is 29.8 Å². The van der Waals surface area contributed by atoms with Crippen molar-refractivity contribution in [2.24, 2.45) is 17.8 Å². The van der Waals surface area contributed by atoms with Gasteiger partial charge < -0.3 is 0 Å². The monoisotopic (exact) mass is 255 g/mol. The van der Waals surface area contributed by atoms with Gasteiger partial charge in [0.25, 0.3) is 0 Å². The van der Waals surface area contributed by atoms with E-state index in [1.54, 1.807) is 0 Å². The van der Waals surface area contributed by atoms with Crippen LogP contribution in [0.25, 0.3) is 0 Å². The molecule has 2 heterocycles. The van der Waals surface area contributed by atoms with E-state index < -0.39 is 0 Å². The van der Waals surface area contributed by atoms with Crippen molar-refractivity contribution in [3.05, 3.63) is 0 Å². The van der Waals surface area contributed by atoms with Gasteiger partial charge in [0.2, 0.25) is 0 Å². The molecule has 3 atom stereocenters. The molecule has 1 aliphatic carbocycles. The van der Waals surface area contributed by atoms with Gasteiger partial charge in [0, 0.05) is 18.6 Å². The molecule has 3 fully saturated rings. The molecular weight excluding hydrogens is 218 g/mol. The van der Waals surface area contributed by atoms with E-state index in [0.29, 0.717) is 0 Å². The zero-order valence-corrected chi connectivity index (χ0v) is 14.2. The van der Waals surface area contributed by atoms with Gasteiger partial charge in [-0.2, -0.15) is 0 Å². The van der Waals surface area contributed by atoms with E-state index in [9.17, 15) is 0 Å². The fourth-order valence-corrected chi connectivity index (χ4v) is 3.60.